The van der Waals surface area contributed by atoms with Gasteiger partial charge in [0.25, 0.3) is 0 Å². The van der Waals surface area contributed by atoms with E-state index >= 15 is 0 Å². The SMILES string of the molecule is Cc1nn(-c2ccccc2)c(C)c1CN(C)C(C)C(=O)N1CC(C)CC(C)C1. The number of likely N-dealkylation sites (N-methyl/N-ethyl adjacent to an activating group) is 1. The second-order valence-corrected chi connectivity index (χ2v) is 8.68. The highest BCUT2D eigenvalue weighted by Crippen LogP contribution is 2.23. The summed E-state index contributed by atoms with van der Waals surface area (Å²) in [6.45, 7) is 13.2. The molecule has 0 saturated carbocycles. The number of rotatable bonds is 5. The highest BCUT2D eigenvalue weighted by atomic mass is 16.2. The molecule has 5 heteroatoms. The number of aryl methyl sites for hydroxylation is 1. The first kappa shape index (κ1) is 20.6. The van der Waals surface area contributed by atoms with Gasteiger partial charge in [-0.25, -0.2) is 4.68 Å². The predicted octanol–water partition coefficient (Wildman–Crippen LogP) is 3.81. The number of likely N-dealkylation sites (tertiary alicyclic amines) is 1. The minimum absolute atomic E-state index is 0.142. The van der Waals surface area contributed by atoms with E-state index in [-0.39, 0.29) is 11.9 Å². The Morgan fingerprint density at radius 3 is 2.39 bits per heavy atom. The van der Waals surface area contributed by atoms with E-state index < -0.39 is 0 Å². The van der Waals surface area contributed by atoms with Crippen molar-refractivity contribution in [3.63, 3.8) is 0 Å². The van der Waals surface area contributed by atoms with Crippen molar-refractivity contribution in [3.05, 3.63) is 47.3 Å². The number of nitrogens with zero attached hydrogens (tertiary/aromatic N) is 4. The van der Waals surface area contributed by atoms with Gasteiger partial charge in [0.1, 0.15) is 0 Å². The molecule has 1 aromatic carbocycles. The fourth-order valence-corrected chi connectivity index (χ4v) is 4.41. The van der Waals surface area contributed by atoms with E-state index in [1.807, 2.05) is 36.9 Å². The van der Waals surface area contributed by atoms with Crippen LogP contribution in [0.1, 0.15) is 44.1 Å². The molecule has 2 aromatic rings. The van der Waals surface area contributed by atoms with Crippen molar-refractivity contribution in [3.8, 4) is 5.69 Å². The molecular formula is C23H34N4O. The third-order valence-corrected chi connectivity index (χ3v) is 6.05. The first-order valence-corrected chi connectivity index (χ1v) is 10.4. The molecule has 0 N–H and O–H groups in total. The third kappa shape index (κ3) is 4.30. The van der Waals surface area contributed by atoms with Gasteiger partial charge in [-0.1, -0.05) is 32.0 Å². The Morgan fingerprint density at radius 2 is 1.79 bits per heavy atom. The molecule has 1 saturated heterocycles. The highest BCUT2D eigenvalue weighted by Gasteiger charge is 2.30. The summed E-state index contributed by atoms with van der Waals surface area (Å²) in [6, 6.07) is 10.1. The number of para-hydroxylation sites is 1. The van der Waals surface area contributed by atoms with Crippen molar-refractivity contribution in [2.75, 3.05) is 20.1 Å². The fraction of sp³-hybridized carbons (Fsp3) is 0.565. The van der Waals surface area contributed by atoms with Crippen LogP contribution >= 0.6 is 0 Å². The number of piperidine rings is 1. The molecule has 0 aliphatic carbocycles. The zero-order valence-corrected chi connectivity index (χ0v) is 18.1. The van der Waals surface area contributed by atoms with Crippen molar-refractivity contribution in [2.45, 2.75) is 53.6 Å². The van der Waals surface area contributed by atoms with Crippen LogP contribution in [0, 0.1) is 25.7 Å². The molecule has 152 valence electrons. The topological polar surface area (TPSA) is 41.4 Å². The molecule has 0 radical (unpaired) electrons. The average molecular weight is 383 g/mol. The maximum absolute atomic E-state index is 13.1. The van der Waals surface area contributed by atoms with E-state index in [0.717, 1.165) is 36.7 Å². The summed E-state index contributed by atoms with van der Waals surface area (Å²) in [7, 11) is 2.04. The van der Waals surface area contributed by atoms with Crippen molar-refractivity contribution in [1.82, 2.24) is 19.6 Å². The van der Waals surface area contributed by atoms with E-state index in [2.05, 4.69) is 49.6 Å². The van der Waals surface area contributed by atoms with E-state index in [9.17, 15) is 4.79 Å². The molecule has 1 aliphatic heterocycles. The van der Waals surface area contributed by atoms with Gasteiger partial charge < -0.3 is 4.90 Å². The minimum atomic E-state index is -0.142. The van der Waals surface area contributed by atoms with Gasteiger partial charge in [-0.3, -0.25) is 9.69 Å². The summed E-state index contributed by atoms with van der Waals surface area (Å²) in [5.74, 6) is 1.41. The van der Waals surface area contributed by atoms with Crippen LogP contribution in [0.2, 0.25) is 0 Å². The van der Waals surface area contributed by atoms with Crippen molar-refractivity contribution >= 4 is 5.91 Å². The zero-order chi connectivity index (χ0) is 20.4. The lowest BCUT2D eigenvalue weighted by Crippen LogP contribution is -2.50. The van der Waals surface area contributed by atoms with Gasteiger partial charge in [0.2, 0.25) is 5.91 Å². The fourth-order valence-electron chi connectivity index (χ4n) is 4.41. The Hall–Kier alpha value is -2.14. The van der Waals surface area contributed by atoms with Gasteiger partial charge in [-0.2, -0.15) is 5.10 Å². The standard InChI is InChI=1S/C23H34N4O/c1-16-12-17(2)14-26(13-16)23(28)20(5)25(6)15-22-18(3)24-27(19(22)4)21-10-8-7-9-11-21/h7-11,16-17,20H,12-15H2,1-6H3. The van der Waals surface area contributed by atoms with Crippen LogP contribution < -0.4 is 0 Å². The second-order valence-electron chi connectivity index (χ2n) is 8.68. The molecule has 1 amide bonds. The van der Waals surface area contributed by atoms with Crippen LogP contribution in [0.25, 0.3) is 5.69 Å². The Labute approximate surface area is 169 Å². The second kappa shape index (κ2) is 8.48. The molecule has 28 heavy (non-hydrogen) atoms. The van der Waals surface area contributed by atoms with Gasteiger partial charge in [0, 0.05) is 30.9 Å². The van der Waals surface area contributed by atoms with Gasteiger partial charge >= 0.3 is 0 Å². The summed E-state index contributed by atoms with van der Waals surface area (Å²) in [5, 5.41) is 4.74. The molecule has 3 rings (SSSR count). The number of benzene rings is 1. The van der Waals surface area contributed by atoms with Crippen LogP contribution in [-0.4, -0.2) is 51.7 Å². The van der Waals surface area contributed by atoms with Gasteiger partial charge in [-0.05, 0) is 58.2 Å². The van der Waals surface area contributed by atoms with Gasteiger partial charge in [0.05, 0.1) is 17.4 Å². The molecule has 3 unspecified atom stereocenters. The number of carbonyl (C=O) groups excluding carboxylic acids is 1. The van der Waals surface area contributed by atoms with E-state index in [1.54, 1.807) is 0 Å². The summed E-state index contributed by atoms with van der Waals surface area (Å²) >= 11 is 0. The summed E-state index contributed by atoms with van der Waals surface area (Å²) in [5.41, 5.74) is 4.42. The van der Waals surface area contributed by atoms with Crippen LogP contribution in [-0.2, 0) is 11.3 Å². The van der Waals surface area contributed by atoms with E-state index in [0.29, 0.717) is 11.8 Å². The van der Waals surface area contributed by atoms with Crippen molar-refractivity contribution in [1.29, 1.82) is 0 Å². The number of hydrogen-bond acceptors (Lipinski definition) is 3. The van der Waals surface area contributed by atoms with Crippen LogP contribution in [0.4, 0.5) is 0 Å². The predicted molar refractivity (Wildman–Crippen MR) is 113 cm³/mol. The molecule has 0 spiro atoms. The summed E-state index contributed by atoms with van der Waals surface area (Å²) < 4.78 is 2.00. The first-order valence-electron chi connectivity index (χ1n) is 10.4. The molecule has 1 aromatic heterocycles. The molecule has 5 nitrogen and oxygen atoms in total. The average Bonchev–Trinajstić information content (AvgIpc) is 2.95. The van der Waals surface area contributed by atoms with Gasteiger partial charge in [-0.15, -0.1) is 0 Å². The molecule has 2 heterocycles. The molecule has 1 aliphatic rings. The minimum Gasteiger partial charge on any atom is -0.341 e. The zero-order valence-electron chi connectivity index (χ0n) is 18.1. The number of aromatic nitrogens is 2. The molecule has 0 bridgehead atoms. The van der Waals surface area contributed by atoms with E-state index in [4.69, 9.17) is 5.10 Å². The van der Waals surface area contributed by atoms with Crippen molar-refractivity contribution < 1.29 is 4.79 Å². The number of carbonyl (C=O) groups is 1. The quantitative estimate of drug-likeness (QED) is 0.789. The Morgan fingerprint density at radius 1 is 1.18 bits per heavy atom. The number of amides is 1. The van der Waals surface area contributed by atoms with Crippen LogP contribution in [0.3, 0.4) is 0 Å². The Bertz CT molecular complexity index is 804. The maximum atomic E-state index is 13.1. The third-order valence-electron chi connectivity index (χ3n) is 6.05. The Balaban J connectivity index is 1.73. The lowest BCUT2D eigenvalue weighted by atomic mass is 9.91. The summed E-state index contributed by atoms with van der Waals surface area (Å²) in [4.78, 5) is 17.3. The van der Waals surface area contributed by atoms with Crippen molar-refractivity contribution in [2.24, 2.45) is 11.8 Å². The summed E-state index contributed by atoms with van der Waals surface area (Å²) in [6.07, 6.45) is 1.21. The number of hydrogen-bond donors (Lipinski definition) is 0. The normalized spacial score (nSPS) is 21.2. The largest absolute Gasteiger partial charge is 0.341 e. The Kier molecular flexibility index (Phi) is 6.23. The van der Waals surface area contributed by atoms with Crippen LogP contribution in [0.15, 0.2) is 30.3 Å². The van der Waals surface area contributed by atoms with E-state index in [1.165, 1.54) is 12.0 Å². The monoisotopic (exact) mass is 382 g/mol. The maximum Gasteiger partial charge on any atom is 0.239 e. The molecule has 1 fully saturated rings. The lowest BCUT2D eigenvalue weighted by Gasteiger charge is -2.38. The van der Waals surface area contributed by atoms with Gasteiger partial charge in [0.15, 0.2) is 0 Å². The lowest BCUT2D eigenvalue weighted by molar-refractivity contribution is -0.138. The first-order chi connectivity index (χ1) is 13.3. The smallest absolute Gasteiger partial charge is 0.239 e. The van der Waals surface area contributed by atoms with Crippen LogP contribution in [0.5, 0.6) is 0 Å². The molecule has 3 atom stereocenters. The molecular weight excluding hydrogens is 348 g/mol. The highest BCUT2D eigenvalue weighted by molar-refractivity contribution is 5.81.